The third kappa shape index (κ3) is 4.32. The van der Waals surface area contributed by atoms with Crippen LogP contribution in [-0.2, 0) is 31.2 Å². The molecule has 1 aromatic carbocycles. The SMILES string of the molecule is Cn1cccc1[C@@H]1CCCN1CC(=O)N(Cc1ccccc1)c1nc2c(s1)CCCC2. The first-order valence-electron chi connectivity index (χ1n) is 11.4. The van der Waals surface area contributed by atoms with Crippen LogP contribution < -0.4 is 4.90 Å². The molecule has 6 heteroatoms. The molecule has 2 aromatic heterocycles. The monoisotopic (exact) mass is 434 g/mol. The molecule has 0 saturated carbocycles. The average Bonchev–Trinajstić information content (AvgIpc) is 3.51. The first kappa shape index (κ1) is 20.5. The summed E-state index contributed by atoms with van der Waals surface area (Å²) in [6, 6.07) is 14.9. The van der Waals surface area contributed by atoms with Crippen LogP contribution >= 0.6 is 11.3 Å². The fourth-order valence-corrected chi connectivity index (χ4v) is 6.08. The quantitative estimate of drug-likeness (QED) is 0.563. The van der Waals surface area contributed by atoms with Crippen molar-refractivity contribution in [3.05, 3.63) is 70.5 Å². The number of likely N-dealkylation sites (tertiary alicyclic amines) is 1. The van der Waals surface area contributed by atoms with Gasteiger partial charge in [-0.3, -0.25) is 14.6 Å². The largest absolute Gasteiger partial charge is 0.353 e. The molecule has 0 radical (unpaired) electrons. The van der Waals surface area contributed by atoms with E-state index in [1.807, 2.05) is 23.1 Å². The summed E-state index contributed by atoms with van der Waals surface area (Å²) in [5, 5.41) is 0.871. The van der Waals surface area contributed by atoms with Crippen LogP contribution in [0, 0.1) is 0 Å². The lowest BCUT2D eigenvalue weighted by Gasteiger charge is -2.28. The molecular formula is C25H30N4OS. The lowest BCUT2D eigenvalue weighted by molar-refractivity contribution is -0.120. The summed E-state index contributed by atoms with van der Waals surface area (Å²) in [5.74, 6) is 0.149. The highest BCUT2D eigenvalue weighted by atomic mass is 32.1. The third-order valence-corrected chi connectivity index (χ3v) is 7.76. The number of hydrogen-bond donors (Lipinski definition) is 0. The molecule has 1 aliphatic carbocycles. The van der Waals surface area contributed by atoms with Gasteiger partial charge in [0.25, 0.3) is 0 Å². The zero-order valence-corrected chi connectivity index (χ0v) is 19.0. The van der Waals surface area contributed by atoms with Crippen molar-refractivity contribution in [3.63, 3.8) is 0 Å². The van der Waals surface area contributed by atoms with Crippen molar-refractivity contribution in [3.8, 4) is 0 Å². The van der Waals surface area contributed by atoms with Crippen molar-refractivity contribution in [1.29, 1.82) is 0 Å². The standard InChI is InChI=1S/C25H30N4OS/c1-27-15-7-12-21(27)22-13-8-16-28(22)18-24(30)29(17-19-9-3-2-4-10-19)25-26-20-11-5-6-14-23(20)31-25/h2-4,7,9-10,12,15,22H,5-6,8,11,13-14,16-18H2,1H3/t22-/m0/s1. The minimum Gasteiger partial charge on any atom is -0.353 e. The van der Waals surface area contributed by atoms with E-state index in [4.69, 9.17) is 4.98 Å². The van der Waals surface area contributed by atoms with Crippen molar-refractivity contribution in [2.45, 2.75) is 51.1 Å². The fourth-order valence-electron chi connectivity index (χ4n) is 4.91. The zero-order chi connectivity index (χ0) is 21.2. The average molecular weight is 435 g/mol. The highest BCUT2D eigenvalue weighted by Crippen LogP contribution is 2.34. The molecule has 5 nitrogen and oxygen atoms in total. The zero-order valence-electron chi connectivity index (χ0n) is 18.2. The number of aryl methyl sites for hydroxylation is 3. The molecule has 3 aromatic rings. The normalized spacial score (nSPS) is 18.8. The number of anilines is 1. The summed E-state index contributed by atoms with van der Waals surface area (Å²) in [5.41, 5.74) is 3.65. The molecule has 1 fully saturated rings. The smallest absolute Gasteiger partial charge is 0.243 e. The van der Waals surface area contributed by atoms with Gasteiger partial charge in [-0.1, -0.05) is 30.3 Å². The first-order chi connectivity index (χ1) is 15.2. The fraction of sp³-hybridized carbons (Fsp3) is 0.440. The van der Waals surface area contributed by atoms with Crippen LogP contribution in [0.3, 0.4) is 0 Å². The number of amides is 1. The summed E-state index contributed by atoms with van der Waals surface area (Å²) >= 11 is 1.72. The Balaban J connectivity index is 1.40. The highest BCUT2D eigenvalue weighted by molar-refractivity contribution is 7.15. The van der Waals surface area contributed by atoms with Gasteiger partial charge in [0.2, 0.25) is 5.91 Å². The van der Waals surface area contributed by atoms with Crippen molar-refractivity contribution >= 4 is 22.4 Å². The van der Waals surface area contributed by atoms with Crippen LogP contribution in [0.2, 0.25) is 0 Å². The Morgan fingerprint density at radius 3 is 2.74 bits per heavy atom. The number of nitrogens with zero attached hydrogens (tertiary/aromatic N) is 4. The summed E-state index contributed by atoms with van der Waals surface area (Å²) in [6.45, 7) is 1.98. The summed E-state index contributed by atoms with van der Waals surface area (Å²) in [4.78, 5) is 24.2. The van der Waals surface area contributed by atoms with Gasteiger partial charge >= 0.3 is 0 Å². The molecule has 2 aliphatic rings. The Kier molecular flexibility index (Phi) is 5.92. The number of rotatable bonds is 6. The summed E-state index contributed by atoms with van der Waals surface area (Å²) in [6.07, 6.45) is 8.91. The van der Waals surface area contributed by atoms with Gasteiger partial charge in [0.05, 0.1) is 24.8 Å². The Bertz CT molecular complexity index is 1020. The first-order valence-corrected chi connectivity index (χ1v) is 12.2. The number of aromatic nitrogens is 2. The van der Waals surface area contributed by atoms with E-state index in [0.717, 1.165) is 42.9 Å². The molecule has 162 valence electrons. The molecule has 1 amide bonds. The Morgan fingerprint density at radius 2 is 1.97 bits per heavy atom. The minimum absolute atomic E-state index is 0.149. The molecule has 0 unspecified atom stereocenters. The third-order valence-electron chi connectivity index (χ3n) is 6.58. The van der Waals surface area contributed by atoms with Crippen molar-refractivity contribution in [2.24, 2.45) is 7.05 Å². The molecule has 0 spiro atoms. The molecule has 0 N–H and O–H groups in total. The second-order valence-electron chi connectivity index (χ2n) is 8.71. The van der Waals surface area contributed by atoms with Gasteiger partial charge in [-0.2, -0.15) is 0 Å². The maximum absolute atomic E-state index is 13.7. The van der Waals surface area contributed by atoms with E-state index >= 15 is 0 Å². The Morgan fingerprint density at radius 1 is 1.13 bits per heavy atom. The van der Waals surface area contributed by atoms with Gasteiger partial charge in [-0.05, 0) is 62.8 Å². The molecule has 3 heterocycles. The van der Waals surface area contributed by atoms with E-state index in [1.54, 1.807) is 11.3 Å². The van der Waals surface area contributed by atoms with Gasteiger partial charge < -0.3 is 4.57 Å². The molecular weight excluding hydrogens is 404 g/mol. The highest BCUT2D eigenvalue weighted by Gasteiger charge is 2.32. The lowest BCUT2D eigenvalue weighted by atomic mass is 10.0. The number of fused-ring (bicyclic) bond motifs is 1. The Labute approximate surface area is 188 Å². The molecule has 1 saturated heterocycles. The molecule has 31 heavy (non-hydrogen) atoms. The second-order valence-corrected chi connectivity index (χ2v) is 9.77. The molecule has 0 bridgehead atoms. The van der Waals surface area contributed by atoms with E-state index in [9.17, 15) is 4.79 Å². The topological polar surface area (TPSA) is 41.4 Å². The summed E-state index contributed by atoms with van der Waals surface area (Å²) in [7, 11) is 2.09. The molecule has 5 rings (SSSR count). The van der Waals surface area contributed by atoms with Crippen LogP contribution in [0.25, 0.3) is 0 Å². The number of benzene rings is 1. The maximum atomic E-state index is 13.7. The number of thiazole rings is 1. The number of carbonyl (C=O) groups excluding carboxylic acids is 1. The van der Waals surface area contributed by atoms with E-state index in [0.29, 0.717) is 19.1 Å². The number of hydrogen-bond acceptors (Lipinski definition) is 4. The van der Waals surface area contributed by atoms with Crippen molar-refractivity contribution < 1.29 is 4.79 Å². The lowest BCUT2D eigenvalue weighted by Crippen LogP contribution is -2.40. The van der Waals surface area contributed by atoms with Crippen LogP contribution in [0.4, 0.5) is 5.13 Å². The van der Waals surface area contributed by atoms with E-state index in [1.165, 1.54) is 29.1 Å². The van der Waals surface area contributed by atoms with Gasteiger partial charge in [0, 0.05) is 23.8 Å². The van der Waals surface area contributed by atoms with Crippen LogP contribution in [-0.4, -0.2) is 33.4 Å². The van der Waals surface area contributed by atoms with Crippen LogP contribution in [0.1, 0.15) is 53.6 Å². The predicted octanol–water partition coefficient (Wildman–Crippen LogP) is 4.73. The van der Waals surface area contributed by atoms with Crippen LogP contribution in [0.5, 0.6) is 0 Å². The van der Waals surface area contributed by atoms with Crippen LogP contribution in [0.15, 0.2) is 48.7 Å². The van der Waals surface area contributed by atoms with E-state index in [-0.39, 0.29) is 5.91 Å². The van der Waals surface area contributed by atoms with Gasteiger partial charge in [0.1, 0.15) is 0 Å². The van der Waals surface area contributed by atoms with E-state index < -0.39 is 0 Å². The van der Waals surface area contributed by atoms with E-state index in [2.05, 4.69) is 47.0 Å². The van der Waals surface area contributed by atoms with Crippen molar-refractivity contribution in [1.82, 2.24) is 14.5 Å². The minimum atomic E-state index is 0.149. The van der Waals surface area contributed by atoms with Gasteiger partial charge in [-0.15, -0.1) is 11.3 Å². The number of carbonyl (C=O) groups is 1. The Hall–Kier alpha value is -2.44. The predicted molar refractivity (Wildman–Crippen MR) is 125 cm³/mol. The maximum Gasteiger partial charge on any atom is 0.243 e. The second kappa shape index (κ2) is 8.97. The van der Waals surface area contributed by atoms with Gasteiger partial charge in [0.15, 0.2) is 5.13 Å². The molecule has 1 aliphatic heterocycles. The van der Waals surface area contributed by atoms with Gasteiger partial charge in [-0.25, -0.2) is 4.98 Å². The van der Waals surface area contributed by atoms with Crippen molar-refractivity contribution in [2.75, 3.05) is 18.0 Å². The summed E-state index contributed by atoms with van der Waals surface area (Å²) < 4.78 is 2.18. The molecule has 1 atom stereocenters.